The molecule has 0 aliphatic heterocycles. The lowest BCUT2D eigenvalue weighted by Gasteiger charge is -2.15. The number of aliphatic imine (C=N–C) groups is 1. The molecule has 0 bridgehead atoms. The molecule has 1 aromatic rings. The summed E-state index contributed by atoms with van der Waals surface area (Å²) in [6.07, 6.45) is 5.17. The Bertz CT molecular complexity index is 585. The van der Waals surface area contributed by atoms with Gasteiger partial charge in [-0.05, 0) is 31.2 Å². The maximum absolute atomic E-state index is 12.0. The van der Waals surface area contributed by atoms with Crippen molar-refractivity contribution < 1.29 is 9.53 Å². The number of carbonyl (C=O) groups excluding carboxylic acids is 1. The van der Waals surface area contributed by atoms with Crippen LogP contribution in [0.4, 0.5) is 0 Å². The lowest BCUT2D eigenvalue weighted by molar-refractivity contribution is -0.121. The number of benzene rings is 1. The fourth-order valence-corrected chi connectivity index (χ4v) is 3.26. The first kappa shape index (κ1) is 22.2. The monoisotopic (exact) mass is 388 g/mol. The van der Waals surface area contributed by atoms with E-state index < -0.39 is 0 Å². The van der Waals surface area contributed by atoms with E-state index in [2.05, 4.69) is 40.0 Å². The third kappa shape index (κ3) is 9.22. The highest BCUT2D eigenvalue weighted by molar-refractivity contribution is 5.81. The Morgan fingerprint density at radius 3 is 2.68 bits per heavy atom. The van der Waals surface area contributed by atoms with Crippen molar-refractivity contribution in [1.82, 2.24) is 16.0 Å². The maximum Gasteiger partial charge on any atom is 0.221 e. The van der Waals surface area contributed by atoms with E-state index in [1.54, 1.807) is 0 Å². The van der Waals surface area contributed by atoms with Gasteiger partial charge in [0.2, 0.25) is 5.91 Å². The predicted molar refractivity (Wildman–Crippen MR) is 114 cm³/mol. The molecule has 2 rings (SSSR count). The Morgan fingerprint density at radius 1 is 1.21 bits per heavy atom. The van der Waals surface area contributed by atoms with E-state index in [0.29, 0.717) is 44.7 Å². The third-order valence-electron chi connectivity index (χ3n) is 4.78. The largest absolute Gasteiger partial charge is 0.376 e. The normalized spacial score (nSPS) is 16.0. The standard InChI is InChI=1S/C22H36N4O2/c1-3-23-22(24-14-13-21(27)26-20-11-7-8-12-20)25-15-18(2)16-28-17-19-9-5-4-6-10-19/h4-6,9-10,18,20H,3,7-8,11-17H2,1-2H3,(H,26,27)(H2,23,24,25). The number of guanidine groups is 1. The number of rotatable bonds is 11. The molecule has 0 heterocycles. The summed E-state index contributed by atoms with van der Waals surface area (Å²) in [5, 5.41) is 9.60. The minimum atomic E-state index is 0.123. The fraction of sp³-hybridized carbons (Fsp3) is 0.636. The van der Waals surface area contributed by atoms with Gasteiger partial charge in [0.25, 0.3) is 0 Å². The first-order valence-electron chi connectivity index (χ1n) is 10.6. The van der Waals surface area contributed by atoms with E-state index in [4.69, 9.17) is 4.74 Å². The van der Waals surface area contributed by atoms with Crippen LogP contribution in [0.25, 0.3) is 0 Å². The second-order valence-electron chi connectivity index (χ2n) is 7.55. The molecule has 1 amide bonds. The van der Waals surface area contributed by atoms with Crippen LogP contribution in [-0.4, -0.2) is 44.1 Å². The van der Waals surface area contributed by atoms with Gasteiger partial charge >= 0.3 is 0 Å². The van der Waals surface area contributed by atoms with Crippen LogP contribution in [0.5, 0.6) is 0 Å². The number of ether oxygens (including phenoxy) is 1. The van der Waals surface area contributed by atoms with E-state index in [9.17, 15) is 4.79 Å². The Hall–Kier alpha value is -2.08. The second-order valence-corrected chi connectivity index (χ2v) is 7.55. The summed E-state index contributed by atoms with van der Waals surface area (Å²) in [5.41, 5.74) is 1.18. The third-order valence-corrected chi connectivity index (χ3v) is 4.78. The highest BCUT2D eigenvalue weighted by Crippen LogP contribution is 2.17. The zero-order valence-corrected chi connectivity index (χ0v) is 17.4. The fourth-order valence-electron chi connectivity index (χ4n) is 3.26. The van der Waals surface area contributed by atoms with Gasteiger partial charge < -0.3 is 20.7 Å². The van der Waals surface area contributed by atoms with Crippen molar-refractivity contribution in [2.45, 2.75) is 58.6 Å². The molecule has 1 aliphatic carbocycles. The van der Waals surface area contributed by atoms with Crippen LogP contribution < -0.4 is 16.0 Å². The molecule has 1 atom stereocenters. The van der Waals surface area contributed by atoms with E-state index in [0.717, 1.165) is 25.3 Å². The van der Waals surface area contributed by atoms with Crippen molar-refractivity contribution in [3.63, 3.8) is 0 Å². The highest BCUT2D eigenvalue weighted by Gasteiger charge is 2.16. The van der Waals surface area contributed by atoms with Gasteiger partial charge in [0.15, 0.2) is 5.96 Å². The Balaban J connectivity index is 1.63. The van der Waals surface area contributed by atoms with Crippen molar-refractivity contribution in [3.8, 4) is 0 Å². The molecule has 3 N–H and O–H groups in total. The molecule has 28 heavy (non-hydrogen) atoms. The van der Waals surface area contributed by atoms with Crippen LogP contribution >= 0.6 is 0 Å². The number of hydrogen-bond donors (Lipinski definition) is 3. The van der Waals surface area contributed by atoms with Crippen LogP contribution in [0.2, 0.25) is 0 Å². The molecule has 1 aliphatic rings. The summed E-state index contributed by atoms with van der Waals surface area (Å²) in [7, 11) is 0. The van der Waals surface area contributed by atoms with Crippen LogP contribution in [0.3, 0.4) is 0 Å². The highest BCUT2D eigenvalue weighted by atomic mass is 16.5. The number of carbonyl (C=O) groups is 1. The van der Waals surface area contributed by atoms with E-state index in [1.165, 1.54) is 18.4 Å². The summed E-state index contributed by atoms with van der Waals surface area (Å²) >= 11 is 0. The van der Waals surface area contributed by atoms with Gasteiger partial charge in [-0.25, -0.2) is 0 Å². The Morgan fingerprint density at radius 2 is 1.96 bits per heavy atom. The molecular formula is C22H36N4O2. The Labute approximate surface area is 169 Å². The Kier molecular flexibility index (Phi) is 10.4. The van der Waals surface area contributed by atoms with Crippen molar-refractivity contribution in [3.05, 3.63) is 35.9 Å². The summed E-state index contributed by atoms with van der Waals surface area (Å²) in [4.78, 5) is 16.6. The van der Waals surface area contributed by atoms with Crippen molar-refractivity contribution >= 4 is 11.9 Å². The smallest absolute Gasteiger partial charge is 0.221 e. The number of hydrogen-bond acceptors (Lipinski definition) is 3. The first-order valence-corrected chi connectivity index (χ1v) is 10.6. The van der Waals surface area contributed by atoms with Crippen LogP contribution in [0.1, 0.15) is 51.5 Å². The molecule has 6 heteroatoms. The van der Waals surface area contributed by atoms with Crippen molar-refractivity contribution in [2.75, 3.05) is 26.2 Å². The summed E-state index contributed by atoms with van der Waals surface area (Å²) in [5.74, 6) is 1.20. The lowest BCUT2D eigenvalue weighted by atomic mass is 10.2. The number of nitrogens with zero attached hydrogens (tertiary/aromatic N) is 1. The maximum atomic E-state index is 12.0. The number of nitrogens with one attached hydrogen (secondary N) is 3. The zero-order valence-electron chi connectivity index (χ0n) is 17.4. The second kappa shape index (κ2) is 13.2. The van der Waals surface area contributed by atoms with E-state index >= 15 is 0 Å². The van der Waals surface area contributed by atoms with Crippen molar-refractivity contribution in [2.24, 2.45) is 10.9 Å². The predicted octanol–water partition coefficient (Wildman–Crippen LogP) is 2.84. The topological polar surface area (TPSA) is 74.8 Å². The molecule has 6 nitrogen and oxygen atoms in total. The summed E-state index contributed by atoms with van der Waals surface area (Å²) < 4.78 is 5.79. The average Bonchev–Trinajstić information content (AvgIpc) is 3.20. The molecule has 1 fully saturated rings. The molecule has 1 aromatic carbocycles. The molecule has 0 spiro atoms. The zero-order chi connectivity index (χ0) is 20.0. The van der Waals surface area contributed by atoms with Gasteiger partial charge in [0.05, 0.1) is 13.2 Å². The van der Waals surface area contributed by atoms with Gasteiger partial charge in [-0.1, -0.05) is 50.1 Å². The van der Waals surface area contributed by atoms with Gasteiger partial charge in [0, 0.05) is 32.1 Å². The van der Waals surface area contributed by atoms with Crippen LogP contribution in [0, 0.1) is 5.92 Å². The minimum absolute atomic E-state index is 0.123. The molecule has 0 radical (unpaired) electrons. The van der Waals surface area contributed by atoms with Crippen molar-refractivity contribution in [1.29, 1.82) is 0 Å². The minimum Gasteiger partial charge on any atom is -0.376 e. The van der Waals surface area contributed by atoms with Gasteiger partial charge in [-0.15, -0.1) is 0 Å². The summed E-state index contributed by atoms with van der Waals surface area (Å²) in [6.45, 7) is 7.52. The van der Waals surface area contributed by atoms with Gasteiger partial charge in [-0.3, -0.25) is 9.79 Å². The SMILES string of the molecule is CCNC(=NCC(C)COCc1ccccc1)NCCC(=O)NC1CCCC1. The first-order chi connectivity index (χ1) is 13.7. The van der Waals surface area contributed by atoms with E-state index in [-0.39, 0.29) is 5.91 Å². The molecular weight excluding hydrogens is 352 g/mol. The average molecular weight is 389 g/mol. The van der Waals surface area contributed by atoms with Gasteiger partial charge in [-0.2, -0.15) is 0 Å². The molecule has 1 unspecified atom stereocenters. The molecule has 1 saturated carbocycles. The number of amides is 1. The van der Waals surface area contributed by atoms with Gasteiger partial charge in [0.1, 0.15) is 0 Å². The summed E-state index contributed by atoms with van der Waals surface area (Å²) in [6, 6.07) is 10.6. The molecule has 156 valence electrons. The van der Waals surface area contributed by atoms with Crippen LogP contribution in [-0.2, 0) is 16.1 Å². The van der Waals surface area contributed by atoms with E-state index in [1.807, 2.05) is 25.1 Å². The van der Waals surface area contributed by atoms with Crippen LogP contribution in [0.15, 0.2) is 35.3 Å². The molecule has 0 aromatic heterocycles. The quantitative estimate of drug-likeness (QED) is 0.403. The molecule has 0 saturated heterocycles. The lowest BCUT2D eigenvalue weighted by Crippen LogP contribution is -2.40.